The van der Waals surface area contributed by atoms with Gasteiger partial charge in [-0.25, -0.2) is 4.79 Å². The molecule has 2 aliphatic heterocycles. The Labute approximate surface area is 146 Å². The molecule has 1 aromatic rings. The van der Waals surface area contributed by atoms with Crippen molar-refractivity contribution >= 4 is 29.5 Å². The van der Waals surface area contributed by atoms with Gasteiger partial charge in [0.1, 0.15) is 12.4 Å². The van der Waals surface area contributed by atoms with Crippen molar-refractivity contribution in [1.82, 2.24) is 10.6 Å². The second-order valence-corrected chi connectivity index (χ2v) is 6.18. The molecule has 2 atom stereocenters. The van der Waals surface area contributed by atoms with Crippen LogP contribution in [0.2, 0.25) is 0 Å². The van der Waals surface area contributed by atoms with Gasteiger partial charge in [-0.1, -0.05) is 18.2 Å². The molecule has 2 aliphatic rings. The maximum Gasteiger partial charge on any atom is 0.414 e. The zero-order valence-electron chi connectivity index (χ0n) is 14.0. The van der Waals surface area contributed by atoms with Gasteiger partial charge in [-0.2, -0.15) is 0 Å². The molecule has 0 radical (unpaired) electrons. The first-order chi connectivity index (χ1) is 12.1. The van der Waals surface area contributed by atoms with Gasteiger partial charge in [-0.15, -0.1) is 0 Å². The van der Waals surface area contributed by atoms with Crippen molar-refractivity contribution in [2.45, 2.75) is 25.5 Å². The highest BCUT2D eigenvalue weighted by molar-refractivity contribution is 5.90. The van der Waals surface area contributed by atoms with Gasteiger partial charge in [0.2, 0.25) is 5.91 Å². The SMILES string of the molecule is CC(=O)NC[C@H]1CN(c2ccc(C3=CCNC(C=O)C3)cc2)C(=O)O1. The molecule has 1 saturated heterocycles. The third kappa shape index (κ3) is 4.06. The molecule has 0 aromatic heterocycles. The lowest BCUT2D eigenvalue weighted by Crippen LogP contribution is -2.34. The number of carbonyl (C=O) groups is 3. The van der Waals surface area contributed by atoms with E-state index in [2.05, 4.69) is 16.7 Å². The van der Waals surface area contributed by atoms with Crippen molar-refractivity contribution in [2.24, 2.45) is 0 Å². The van der Waals surface area contributed by atoms with E-state index in [1.54, 1.807) is 4.90 Å². The minimum absolute atomic E-state index is 0.150. The van der Waals surface area contributed by atoms with Gasteiger partial charge in [-0.05, 0) is 29.7 Å². The molecule has 7 nitrogen and oxygen atoms in total. The maximum absolute atomic E-state index is 12.0. The first-order valence-electron chi connectivity index (χ1n) is 8.27. The number of hydrogen-bond acceptors (Lipinski definition) is 5. The summed E-state index contributed by atoms with van der Waals surface area (Å²) in [6.07, 6.45) is 2.90. The van der Waals surface area contributed by atoms with E-state index in [0.717, 1.165) is 23.1 Å². The molecule has 7 heteroatoms. The van der Waals surface area contributed by atoms with Crippen molar-refractivity contribution in [3.05, 3.63) is 35.9 Å². The Morgan fingerprint density at radius 3 is 2.84 bits per heavy atom. The van der Waals surface area contributed by atoms with Crippen LogP contribution in [0.5, 0.6) is 0 Å². The Bertz CT molecular complexity index is 699. The number of rotatable bonds is 5. The average Bonchev–Trinajstić information content (AvgIpc) is 3.01. The van der Waals surface area contributed by atoms with Crippen LogP contribution < -0.4 is 15.5 Å². The second-order valence-electron chi connectivity index (χ2n) is 6.18. The highest BCUT2D eigenvalue weighted by atomic mass is 16.6. The van der Waals surface area contributed by atoms with E-state index in [0.29, 0.717) is 26.1 Å². The number of nitrogens with one attached hydrogen (secondary N) is 2. The molecule has 25 heavy (non-hydrogen) atoms. The summed E-state index contributed by atoms with van der Waals surface area (Å²) in [5, 5.41) is 5.77. The summed E-state index contributed by atoms with van der Waals surface area (Å²) >= 11 is 0. The quantitative estimate of drug-likeness (QED) is 0.782. The van der Waals surface area contributed by atoms with Crippen LogP contribution in [0.15, 0.2) is 30.3 Å². The molecular formula is C18H21N3O4. The van der Waals surface area contributed by atoms with Crippen LogP contribution in [0.3, 0.4) is 0 Å². The van der Waals surface area contributed by atoms with E-state index in [1.807, 2.05) is 24.3 Å². The number of nitrogens with zero attached hydrogens (tertiary/aromatic N) is 1. The van der Waals surface area contributed by atoms with E-state index < -0.39 is 6.09 Å². The lowest BCUT2D eigenvalue weighted by molar-refractivity contribution is -0.119. The lowest BCUT2D eigenvalue weighted by Gasteiger charge is -2.20. The summed E-state index contributed by atoms with van der Waals surface area (Å²) in [5.74, 6) is -0.150. The molecule has 2 amide bonds. The number of benzene rings is 1. The van der Waals surface area contributed by atoms with Crippen LogP contribution in [0.25, 0.3) is 5.57 Å². The highest BCUT2D eigenvalue weighted by Gasteiger charge is 2.32. The van der Waals surface area contributed by atoms with Gasteiger partial charge in [0.05, 0.1) is 19.1 Å². The zero-order valence-corrected chi connectivity index (χ0v) is 14.0. The lowest BCUT2D eigenvalue weighted by atomic mass is 9.96. The van der Waals surface area contributed by atoms with Crippen molar-refractivity contribution < 1.29 is 19.1 Å². The topological polar surface area (TPSA) is 87.7 Å². The summed E-state index contributed by atoms with van der Waals surface area (Å²) in [6.45, 7) is 2.81. The first kappa shape index (κ1) is 17.2. The van der Waals surface area contributed by atoms with Crippen molar-refractivity contribution in [3.63, 3.8) is 0 Å². The molecule has 1 fully saturated rings. The van der Waals surface area contributed by atoms with E-state index in [4.69, 9.17) is 4.74 Å². The fourth-order valence-corrected chi connectivity index (χ4v) is 3.01. The summed E-state index contributed by atoms with van der Waals surface area (Å²) < 4.78 is 5.27. The molecular weight excluding hydrogens is 322 g/mol. The summed E-state index contributed by atoms with van der Waals surface area (Å²) in [7, 11) is 0. The largest absolute Gasteiger partial charge is 0.442 e. The third-order valence-corrected chi connectivity index (χ3v) is 4.34. The summed E-state index contributed by atoms with van der Waals surface area (Å²) in [6, 6.07) is 7.49. The molecule has 2 heterocycles. The zero-order chi connectivity index (χ0) is 17.8. The summed E-state index contributed by atoms with van der Waals surface area (Å²) in [5.41, 5.74) is 2.91. The van der Waals surface area contributed by atoms with Crippen molar-refractivity contribution in [1.29, 1.82) is 0 Å². The van der Waals surface area contributed by atoms with E-state index in [-0.39, 0.29) is 18.1 Å². The Balaban J connectivity index is 1.66. The van der Waals surface area contributed by atoms with Gasteiger partial charge in [0, 0.05) is 19.2 Å². The molecule has 1 aromatic carbocycles. The van der Waals surface area contributed by atoms with Crippen LogP contribution in [-0.4, -0.2) is 50.1 Å². The molecule has 0 saturated carbocycles. The van der Waals surface area contributed by atoms with Crippen LogP contribution in [0, 0.1) is 0 Å². The standard InChI is InChI=1S/C18H21N3O4/c1-12(23)20-9-17-10-21(18(24)25-17)16-4-2-13(3-5-16)14-6-7-19-15(8-14)11-22/h2-6,11,15,17,19H,7-10H2,1H3,(H,20,23)/t15?,17-/m0/s1. The van der Waals surface area contributed by atoms with Crippen molar-refractivity contribution in [3.8, 4) is 0 Å². The Morgan fingerprint density at radius 1 is 1.40 bits per heavy atom. The molecule has 0 spiro atoms. The van der Waals surface area contributed by atoms with Gasteiger partial charge in [-0.3, -0.25) is 9.69 Å². The van der Waals surface area contributed by atoms with Gasteiger partial charge < -0.3 is 20.2 Å². The number of hydrogen-bond donors (Lipinski definition) is 2. The Hall–Kier alpha value is -2.67. The minimum atomic E-state index is -0.412. The fourth-order valence-electron chi connectivity index (χ4n) is 3.01. The normalized spacial score (nSPS) is 23.0. The number of aldehydes is 1. The monoisotopic (exact) mass is 343 g/mol. The van der Waals surface area contributed by atoms with Gasteiger partial charge in [0.15, 0.2) is 0 Å². The van der Waals surface area contributed by atoms with Crippen LogP contribution in [0.1, 0.15) is 18.9 Å². The number of carbonyl (C=O) groups excluding carboxylic acids is 3. The fraction of sp³-hybridized carbons (Fsp3) is 0.389. The maximum atomic E-state index is 12.0. The van der Waals surface area contributed by atoms with Crippen LogP contribution in [-0.2, 0) is 14.3 Å². The molecule has 0 aliphatic carbocycles. The first-order valence-corrected chi connectivity index (χ1v) is 8.27. The third-order valence-electron chi connectivity index (χ3n) is 4.34. The van der Waals surface area contributed by atoms with E-state index in [1.165, 1.54) is 6.92 Å². The molecule has 1 unspecified atom stereocenters. The van der Waals surface area contributed by atoms with Crippen LogP contribution in [0.4, 0.5) is 10.5 Å². The smallest absolute Gasteiger partial charge is 0.414 e. The predicted molar refractivity (Wildman–Crippen MR) is 93.2 cm³/mol. The molecule has 132 valence electrons. The second kappa shape index (κ2) is 7.48. The number of amides is 2. The summed E-state index contributed by atoms with van der Waals surface area (Å²) in [4.78, 5) is 35.5. The number of ether oxygens (including phenoxy) is 1. The van der Waals surface area contributed by atoms with E-state index in [9.17, 15) is 14.4 Å². The van der Waals surface area contributed by atoms with Crippen molar-refractivity contribution in [2.75, 3.05) is 24.5 Å². The number of cyclic esters (lactones) is 1. The molecule has 3 rings (SSSR count). The van der Waals surface area contributed by atoms with Gasteiger partial charge in [0.25, 0.3) is 0 Å². The Kier molecular flexibility index (Phi) is 5.14. The predicted octanol–water partition coefficient (Wildman–Crippen LogP) is 1.09. The van der Waals surface area contributed by atoms with Crippen LogP contribution >= 0.6 is 0 Å². The minimum Gasteiger partial charge on any atom is -0.442 e. The highest BCUT2D eigenvalue weighted by Crippen LogP contribution is 2.26. The molecule has 0 bridgehead atoms. The average molecular weight is 343 g/mol. The Morgan fingerprint density at radius 2 is 2.16 bits per heavy atom. The molecule has 2 N–H and O–H groups in total. The number of anilines is 1. The van der Waals surface area contributed by atoms with Gasteiger partial charge >= 0.3 is 6.09 Å². The van der Waals surface area contributed by atoms with E-state index >= 15 is 0 Å².